The number of sulfonamides is 1. The molecule has 2 N–H and O–H groups in total. The first kappa shape index (κ1) is 14.7. The quantitative estimate of drug-likeness (QED) is 0.657. The Morgan fingerprint density at radius 1 is 1.44 bits per heavy atom. The maximum absolute atomic E-state index is 12.4. The van der Waals surface area contributed by atoms with E-state index in [0.29, 0.717) is 13.1 Å². The molecule has 5 heteroatoms. The molecule has 0 unspecified atom stereocenters. The maximum Gasteiger partial charge on any atom is 0.245 e. The van der Waals surface area contributed by atoms with Crippen molar-refractivity contribution in [2.45, 2.75) is 25.7 Å². The summed E-state index contributed by atoms with van der Waals surface area (Å²) in [5.74, 6) is 0. The molecule has 0 saturated heterocycles. The molecule has 4 nitrogen and oxygen atoms in total. The maximum atomic E-state index is 12.4. The number of nitrogen functional groups attached to an aromatic ring is 1. The van der Waals surface area contributed by atoms with E-state index >= 15 is 0 Å². The van der Waals surface area contributed by atoms with E-state index < -0.39 is 10.0 Å². The standard InChI is InChI=1S/C13H20N2O2S/c1-5-15(9-10(2)3)18(16,17)13-7-6-11(4)8-12(13)14/h6-8H,2,5,9,14H2,1,3-4H3. The number of benzene rings is 1. The van der Waals surface area contributed by atoms with Crippen LogP contribution in [-0.4, -0.2) is 25.8 Å². The lowest BCUT2D eigenvalue weighted by Gasteiger charge is -2.21. The van der Waals surface area contributed by atoms with Crippen molar-refractivity contribution in [2.24, 2.45) is 0 Å². The predicted octanol–water partition coefficient (Wildman–Crippen LogP) is 2.16. The van der Waals surface area contributed by atoms with Gasteiger partial charge in [0, 0.05) is 13.1 Å². The fourth-order valence-corrected chi connectivity index (χ4v) is 3.31. The molecule has 0 spiro atoms. The summed E-state index contributed by atoms with van der Waals surface area (Å²) in [6.45, 7) is 9.92. The van der Waals surface area contributed by atoms with Crippen molar-refractivity contribution in [3.8, 4) is 0 Å². The minimum Gasteiger partial charge on any atom is -0.398 e. The van der Waals surface area contributed by atoms with Crippen LogP contribution in [0.1, 0.15) is 19.4 Å². The van der Waals surface area contributed by atoms with Crippen molar-refractivity contribution in [3.05, 3.63) is 35.9 Å². The van der Waals surface area contributed by atoms with E-state index in [-0.39, 0.29) is 10.6 Å². The summed E-state index contributed by atoms with van der Waals surface area (Å²) < 4.78 is 26.2. The van der Waals surface area contributed by atoms with Crippen LogP contribution in [0.4, 0.5) is 5.69 Å². The van der Waals surface area contributed by atoms with Crippen LogP contribution in [0.2, 0.25) is 0 Å². The molecule has 1 aromatic rings. The van der Waals surface area contributed by atoms with Crippen LogP contribution in [-0.2, 0) is 10.0 Å². The first-order chi connectivity index (χ1) is 8.28. The molecular weight excluding hydrogens is 248 g/mol. The summed E-state index contributed by atoms with van der Waals surface area (Å²) in [7, 11) is -3.55. The summed E-state index contributed by atoms with van der Waals surface area (Å²) in [4.78, 5) is 0.163. The Kier molecular flexibility index (Phi) is 4.53. The number of hydrogen-bond acceptors (Lipinski definition) is 3. The van der Waals surface area contributed by atoms with Gasteiger partial charge in [0.1, 0.15) is 4.90 Å². The van der Waals surface area contributed by atoms with E-state index in [1.165, 1.54) is 4.31 Å². The monoisotopic (exact) mass is 268 g/mol. The molecular formula is C13H20N2O2S. The topological polar surface area (TPSA) is 63.4 Å². The van der Waals surface area contributed by atoms with Gasteiger partial charge in [0.2, 0.25) is 10.0 Å². The number of nitrogens with zero attached hydrogens (tertiary/aromatic N) is 1. The van der Waals surface area contributed by atoms with Gasteiger partial charge in [-0.1, -0.05) is 25.1 Å². The number of aryl methyl sites for hydroxylation is 1. The lowest BCUT2D eigenvalue weighted by molar-refractivity contribution is 0.453. The van der Waals surface area contributed by atoms with Crippen LogP contribution in [0, 0.1) is 6.92 Å². The number of hydrogen-bond donors (Lipinski definition) is 1. The summed E-state index contributed by atoms with van der Waals surface area (Å²) >= 11 is 0. The van der Waals surface area contributed by atoms with Gasteiger partial charge in [-0.05, 0) is 31.5 Å². The highest BCUT2D eigenvalue weighted by molar-refractivity contribution is 7.89. The minimum atomic E-state index is -3.55. The third-order valence-electron chi connectivity index (χ3n) is 2.58. The van der Waals surface area contributed by atoms with E-state index in [2.05, 4.69) is 6.58 Å². The molecule has 0 heterocycles. The molecule has 0 aromatic heterocycles. The zero-order valence-corrected chi connectivity index (χ0v) is 11.9. The smallest absolute Gasteiger partial charge is 0.245 e. The summed E-state index contributed by atoms with van der Waals surface area (Å²) in [5.41, 5.74) is 7.83. The van der Waals surface area contributed by atoms with Crippen LogP contribution in [0.5, 0.6) is 0 Å². The van der Waals surface area contributed by atoms with Crippen LogP contribution < -0.4 is 5.73 Å². The Morgan fingerprint density at radius 2 is 2.06 bits per heavy atom. The second-order valence-electron chi connectivity index (χ2n) is 4.43. The zero-order chi connectivity index (χ0) is 13.9. The molecule has 0 aliphatic rings. The molecule has 0 radical (unpaired) electrons. The Balaban J connectivity index is 3.23. The number of anilines is 1. The molecule has 100 valence electrons. The third kappa shape index (κ3) is 3.11. The molecule has 0 atom stereocenters. The first-order valence-corrected chi connectivity index (χ1v) is 7.23. The van der Waals surface area contributed by atoms with Crippen molar-refractivity contribution in [1.82, 2.24) is 4.31 Å². The van der Waals surface area contributed by atoms with Gasteiger partial charge >= 0.3 is 0 Å². The second kappa shape index (κ2) is 5.54. The summed E-state index contributed by atoms with van der Waals surface area (Å²) in [6, 6.07) is 4.97. The Morgan fingerprint density at radius 3 is 2.50 bits per heavy atom. The number of nitrogens with two attached hydrogens (primary N) is 1. The van der Waals surface area contributed by atoms with Crippen molar-refractivity contribution in [2.75, 3.05) is 18.8 Å². The predicted molar refractivity (Wildman–Crippen MR) is 74.8 cm³/mol. The van der Waals surface area contributed by atoms with Gasteiger partial charge in [-0.2, -0.15) is 4.31 Å². The zero-order valence-electron chi connectivity index (χ0n) is 11.1. The summed E-state index contributed by atoms with van der Waals surface area (Å²) in [5, 5.41) is 0. The summed E-state index contributed by atoms with van der Waals surface area (Å²) in [6.07, 6.45) is 0. The SMILES string of the molecule is C=C(C)CN(CC)S(=O)(=O)c1ccc(C)cc1N. The number of likely N-dealkylation sites (N-methyl/N-ethyl adjacent to an activating group) is 1. The molecule has 0 bridgehead atoms. The minimum absolute atomic E-state index is 0.163. The van der Waals surface area contributed by atoms with Gasteiger partial charge in [-0.3, -0.25) is 0 Å². The van der Waals surface area contributed by atoms with Crippen LogP contribution in [0.15, 0.2) is 35.2 Å². The third-order valence-corrected chi connectivity index (χ3v) is 4.58. The average molecular weight is 268 g/mol. The van der Waals surface area contributed by atoms with Gasteiger partial charge in [-0.15, -0.1) is 0 Å². The molecule has 0 amide bonds. The van der Waals surface area contributed by atoms with E-state index in [0.717, 1.165) is 11.1 Å². The van der Waals surface area contributed by atoms with Gasteiger partial charge in [0.05, 0.1) is 5.69 Å². The van der Waals surface area contributed by atoms with Gasteiger partial charge in [0.15, 0.2) is 0 Å². The first-order valence-electron chi connectivity index (χ1n) is 5.79. The molecule has 18 heavy (non-hydrogen) atoms. The Hall–Kier alpha value is -1.33. The molecule has 0 aliphatic heterocycles. The molecule has 0 saturated carbocycles. The molecule has 1 aromatic carbocycles. The van der Waals surface area contributed by atoms with Gasteiger partial charge in [0.25, 0.3) is 0 Å². The lowest BCUT2D eigenvalue weighted by Crippen LogP contribution is -2.32. The Labute approximate surface area is 109 Å². The molecule has 0 aliphatic carbocycles. The highest BCUT2D eigenvalue weighted by Gasteiger charge is 2.24. The number of rotatable bonds is 5. The van der Waals surface area contributed by atoms with E-state index in [4.69, 9.17) is 5.73 Å². The van der Waals surface area contributed by atoms with E-state index in [1.807, 2.05) is 6.92 Å². The normalized spacial score (nSPS) is 11.8. The van der Waals surface area contributed by atoms with Crippen LogP contribution in [0.25, 0.3) is 0 Å². The lowest BCUT2D eigenvalue weighted by atomic mass is 10.2. The second-order valence-corrected chi connectivity index (χ2v) is 6.34. The fraction of sp³-hybridized carbons (Fsp3) is 0.385. The van der Waals surface area contributed by atoms with Crippen LogP contribution >= 0.6 is 0 Å². The Bertz CT molecular complexity index is 550. The highest BCUT2D eigenvalue weighted by Crippen LogP contribution is 2.23. The van der Waals surface area contributed by atoms with Crippen molar-refractivity contribution >= 4 is 15.7 Å². The molecule has 0 fully saturated rings. The highest BCUT2D eigenvalue weighted by atomic mass is 32.2. The van der Waals surface area contributed by atoms with Crippen LogP contribution in [0.3, 0.4) is 0 Å². The van der Waals surface area contributed by atoms with Crippen molar-refractivity contribution in [1.29, 1.82) is 0 Å². The van der Waals surface area contributed by atoms with Gasteiger partial charge in [-0.25, -0.2) is 8.42 Å². The largest absolute Gasteiger partial charge is 0.398 e. The van der Waals surface area contributed by atoms with Crippen molar-refractivity contribution < 1.29 is 8.42 Å². The fourth-order valence-electron chi connectivity index (χ4n) is 1.71. The van der Waals surface area contributed by atoms with Crippen molar-refractivity contribution in [3.63, 3.8) is 0 Å². The van der Waals surface area contributed by atoms with Gasteiger partial charge < -0.3 is 5.73 Å². The average Bonchev–Trinajstić information content (AvgIpc) is 2.24. The van der Waals surface area contributed by atoms with E-state index in [9.17, 15) is 8.42 Å². The molecule has 1 rings (SSSR count). The van der Waals surface area contributed by atoms with E-state index in [1.54, 1.807) is 32.0 Å².